The largest absolute Gasteiger partial charge is 0.492 e. The van der Waals surface area contributed by atoms with Crippen molar-refractivity contribution in [2.24, 2.45) is 5.73 Å². The van der Waals surface area contributed by atoms with E-state index in [0.29, 0.717) is 36.9 Å². The standard InChI is InChI=1S/C12H17ClN2O2.ClH/c1-15(12(16)5-6-14)7-8-17-11-4-2-3-10(13)9-11;/h2-4,9H,5-8,14H2,1H3;1H. The maximum Gasteiger partial charge on any atom is 0.223 e. The number of benzene rings is 1. The van der Waals surface area contributed by atoms with Crippen molar-refractivity contribution < 1.29 is 9.53 Å². The van der Waals surface area contributed by atoms with Gasteiger partial charge in [-0.1, -0.05) is 17.7 Å². The van der Waals surface area contributed by atoms with Gasteiger partial charge in [-0.2, -0.15) is 0 Å². The van der Waals surface area contributed by atoms with Gasteiger partial charge in [0.05, 0.1) is 6.54 Å². The maximum atomic E-state index is 11.4. The minimum atomic E-state index is 0. The molecule has 102 valence electrons. The Morgan fingerprint density at radius 2 is 2.22 bits per heavy atom. The molecular formula is C12H18Cl2N2O2. The fourth-order valence-corrected chi connectivity index (χ4v) is 1.48. The minimum absolute atomic E-state index is 0. The number of carbonyl (C=O) groups excluding carboxylic acids is 1. The molecule has 0 fully saturated rings. The molecule has 0 heterocycles. The zero-order valence-electron chi connectivity index (χ0n) is 10.3. The number of nitrogens with zero attached hydrogens (tertiary/aromatic N) is 1. The van der Waals surface area contributed by atoms with Crippen molar-refractivity contribution in [1.82, 2.24) is 4.90 Å². The molecule has 1 rings (SSSR count). The first-order valence-corrected chi connectivity index (χ1v) is 5.83. The van der Waals surface area contributed by atoms with Gasteiger partial charge in [-0.3, -0.25) is 4.79 Å². The first-order valence-electron chi connectivity index (χ1n) is 5.46. The third-order valence-electron chi connectivity index (χ3n) is 2.28. The van der Waals surface area contributed by atoms with Crippen molar-refractivity contribution in [2.75, 3.05) is 26.7 Å². The van der Waals surface area contributed by atoms with E-state index in [9.17, 15) is 4.79 Å². The number of likely N-dealkylation sites (N-methyl/N-ethyl adjacent to an activating group) is 1. The van der Waals surface area contributed by atoms with E-state index in [4.69, 9.17) is 22.1 Å². The number of nitrogens with two attached hydrogens (primary N) is 1. The molecule has 2 N–H and O–H groups in total. The quantitative estimate of drug-likeness (QED) is 0.872. The third kappa shape index (κ3) is 6.10. The van der Waals surface area contributed by atoms with Gasteiger partial charge in [-0.25, -0.2) is 0 Å². The van der Waals surface area contributed by atoms with E-state index in [1.807, 2.05) is 12.1 Å². The number of hydrogen-bond acceptors (Lipinski definition) is 3. The molecule has 18 heavy (non-hydrogen) atoms. The molecule has 0 atom stereocenters. The van der Waals surface area contributed by atoms with Gasteiger partial charge >= 0.3 is 0 Å². The van der Waals surface area contributed by atoms with Crippen LogP contribution >= 0.6 is 24.0 Å². The van der Waals surface area contributed by atoms with E-state index in [1.54, 1.807) is 24.1 Å². The fraction of sp³-hybridized carbons (Fsp3) is 0.417. The lowest BCUT2D eigenvalue weighted by molar-refractivity contribution is -0.130. The SMILES string of the molecule is CN(CCOc1cccc(Cl)c1)C(=O)CCN.Cl. The molecule has 6 heteroatoms. The average Bonchev–Trinajstić information content (AvgIpc) is 2.29. The summed E-state index contributed by atoms with van der Waals surface area (Å²) in [6.45, 7) is 1.34. The molecule has 0 aliphatic carbocycles. The molecule has 0 unspecified atom stereocenters. The van der Waals surface area contributed by atoms with Crippen LogP contribution in [0.2, 0.25) is 5.02 Å². The summed E-state index contributed by atoms with van der Waals surface area (Å²) in [4.78, 5) is 13.0. The van der Waals surface area contributed by atoms with Crippen LogP contribution in [0.5, 0.6) is 5.75 Å². The molecule has 1 aromatic rings. The summed E-state index contributed by atoms with van der Waals surface area (Å²) in [6.07, 6.45) is 0.369. The highest BCUT2D eigenvalue weighted by Crippen LogP contribution is 2.16. The molecule has 0 radical (unpaired) electrons. The molecule has 0 spiro atoms. The van der Waals surface area contributed by atoms with E-state index in [0.717, 1.165) is 0 Å². The van der Waals surface area contributed by atoms with Crippen molar-refractivity contribution in [3.63, 3.8) is 0 Å². The molecule has 4 nitrogen and oxygen atoms in total. The molecule has 0 aliphatic rings. The molecule has 0 saturated carbocycles. The Labute approximate surface area is 118 Å². The molecule has 0 saturated heterocycles. The number of hydrogen-bond donors (Lipinski definition) is 1. The second-order valence-electron chi connectivity index (χ2n) is 3.66. The van der Waals surface area contributed by atoms with E-state index >= 15 is 0 Å². The van der Waals surface area contributed by atoms with E-state index in [2.05, 4.69) is 0 Å². The lowest BCUT2D eigenvalue weighted by Gasteiger charge is -2.17. The molecular weight excluding hydrogens is 275 g/mol. The van der Waals surface area contributed by atoms with Gasteiger partial charge in [0.15, 0.2) is 0 Å². The first kappa shape index (κ1) is 17.0. The van der Waals surface area contributed by atoms with Crippen LogP contribution in [0.4, 0.5) is 0 Å². The Hall–Kier alpha value is -0.970. The number of ether oxygens (including phenoxy) is 1. The summed E-state index contributed by atoms with van der Waals surface area (Å²) in [5.74, 6) is 0.736. The second-order valence-corrected chi connectivity index (χ2v) is 4.10. The predicted octanol–water partition coefficient (Wildman–Crippen LogP) is 1.95. The lowest BCUT2D eigenvalue weighted by Crippen LogP contribution is -2.32. The van der Waals surface area contributed by atoms with Crippen LogP contribution in [0, 0.1) is 0 Å². The smallest absolute Gasteiger partial charge is 0.223 e. The molecule has 0 bridgehead atoms. The monoisotopic (exact) mass is 292 g/mol. The highest BCUT2D eigenvalue weighted by molar-refractivity contribution is 6.30. The highest BCUT2D eigenvalue weighted by atomic mass is 35.5. The molecule has 1 aromatic carbocycles. The number of halogens is 2. The summed E-state index contributed by atoms with van der Waals surface area (Å²) in [6, 6.07) is 7.17. The van der Waals surface area contributed by atoms with Crippen LogP contribution in [0.15, 0.2) is 24.3 Å². The summed E-state index contributed by atoms with van der Waals surface area (Å²) >= 11 is 5.82. The van der Waals surface area contributed by atoms with Crippen molar-refractivity contribution >= 4 is 29.9 Å². The summed E-state index contributed by atoms with van der Waals surface area (Å²) in [5, 5.41) is 0.634. The van der Waals surface area contributed by atoms with Crippen LogP contribution in [-0.4, -0.2) is 37.6 Å². The van der Waals surface area contributed by atoms with Crippen LogP contribution in [0.1, 0.15) is 6.42 Å². The second kappa shape index (κ2) is 9.03. The zero-order chi connectivity index (χ0) is 12.7. The van der Waals surface area contributed by atoms with Gasteiger partial charge in [0.2, 0.25) is 5.91 Å². The summed E-state index contributed by atoms with van der Waals surface area (Å²) in [7, 11) is 1.74. The van der Waals surface area contributed by atoms with E-state index in [1.165, 1.54) is 0 Å². The van der Waals surface area contributed by atoms with Gasteiger partial charge in [-0.15, -0.1) is 12.4 Å². The van der Waals surface area contributed by atoms with Crippen molar-refractivity contribution in [3.05, 3.63) is 29.3 Å². The first-order chi connectivity index (χ1) is 8.13. The fourth-order valence-electron chi connectivity index (χ4n) is 1.30. The molecule has 0 aliphatic heterocycles. The lowest BCUT2D eigenvalue weighted by atomic mass is 10.3. The minimum Gasteiger partial charge on any atom is -0.492 e. The molecule has 1 amide bonds. The van der Waals surface area contributed by atoms with Crippen molar-refractivity contribution in [3.8, 4) is 5.75 Å². The van der Waals surface area contributed by atoms with Gasteiger partial charge in [-0.05, 0) is 18.2 Å². The van der Waals surface area contributed by atoms with Crippen LogP contribution in [0.3, 0.4) is 0 Å². The molecule has 0 aromatic heterocycles. The summed E-state index contributed by atoms with van der Waals surface area (Å²) in [5.41, 5.74) is 5.31. The Bertz CT molecular complexity index is 375. The van der Waals surface area contributed by atoms with Crippen LogP contribution < -0.4 is 10.5 Å². The maximum absolute atomic E-state index is 11.4. The predicted molar refractivity (Wildman–Crippen MR) is 75.5 cm³/mol. The Balaban J connectivity index is 0.00000289. The average molecular weight is 293 g/mol. The van der Waals surface area contributed by atoms with Gasteiger partial charge in [0.25, 0.3) is 0 Å². The van der Waals surface area contributed by atoms with E-state index < -0.39 is 0 Å². The normalized spacial score (nSPS) is 9.50. The van der Waals surface area contributed by atoms with Crippen LogP contribution in [-0.2, 0) is 4.79 Å². The van der Waals surface area contributed by atoms with Crippen LogP contribution in [0.25, 0.3) is 0 Å². The highest BCUT2D eigenvalue weighted by Gasteiger charge is 2.06. The van der Waals surface area contributed by atoms with Crippen molar-refractivity contribution in [1.29, 1.82) is 0 Å². The number of rotatable bonds is 6. The van der Waals surface area contributed by atoms with E-state index in [-0.39, 0.29) is 18.3 Å². The van der Waals surface area contributed by atoms with Crippen molar-refractivity contribution in [2.45, 2.75) is 6.42 Å². The Kier molecular flexibility index (Phi) is 8.54. The van der Waals surface area contributed by atoms with Gasteiger partial charge < -0.3 is 15.4 Å². The number of carbonyl (C=O) groups is 1. The Morgan fingerprint density at radius 1 is 1.50 bits per heavy atom. The Morgan fingerprint density at radius 3 is 2.83 bits per heavy atom. The third-order valence-corrected chi connectivity index (χ3v) is 2.51. The van der Waals surface area contributed by atoms with Gasteiger partial charge in [0.1, 0.15) is 12.4 Å². The topological polar surface area (TPSA) is 55.6 Å². The summed E-state index contributed by atoms with van der Waals surface area (Å²) < 4.78 is 5.48. The zero-order valence-corrected chi connectivity index (χ0v) is 11.8. The number of amides is 1. The van der Waals surface area contributed by atoms with Gasteiger partial charge in [0, 0.05) is 25.0 Å².